The van der Waals surface area contributed by atoms with E-state index in [0.29, 0.717) is 5.15 Å². The van der Waals surface area contributed by atoms with Crippen molar-refractivity contribution in [1.82, 2.24) is 10.3 Å². The van der Waals surface area contributed by atoms with Gasteiger partial charge in [-0.05, 0) is 36.5 Å². The van der Waals surface area contributed by atoms with Crippen molar-refractivity contribution in [3.63, 3.8) is 0 Å². The van der Waals surface area contributed by atoms with Gasteiger partial charge in [-0.1, -0.05) is 18.5 Å². The Kier molecular flexibility index (Phi) is 2.65. The summed E-state index contributed by atoms with van der Waals surface area (Å²) in [6.45, 7) is 2.07. The molecule has 0 bridgehead atoms. The molecule has 0 saturated heterocycles. The minimum absolute atomic E-state index is 0.232. The van der Waals surface area contributed by atoms with Crippen molar-refractivity contribution in [2.45, 2.75) is 31.7 Å². The molecule has 80 valence electrons. The Morgan fingerprint density at radius 2 is 2.53 bits per heavy atom. The van der Waals surface area contributed by atoms with E-state index in [1.807, 2.05) is 6.07 Å². The Morgan fingerprint density at radius 1 is 1.73 bits per heavy atom. The monoisotopic (exact) mass is 224 g/mol. The second kappa shape index (κ2) is 3.81. The summed E-state index contributed by atoms with van der Waals surface area (Å²) in [7, 11) is 0. The van der Waals surface area contributed by atoms with Gasteiger partial charge in [-0.3, -0.25) is 4.79 Å². The summed E-state index contributed by atoms with van der Waals surface area (Å²) in [6.07, 6.45) is 5.13. The molecule has 1 amide bonds. The predicted octanol–water partition coefficient (Wildman–Crippen LogP) is 2.03. The number of fused-ring (bicyclic) bond motifs is 1. The molecule has 1 atom stereocenters. The van der Waals surface area contributed by atoms with Crippen molar-refractivity contribution in [1.29, 1.82) is 0 Å². The molecule has 0 fully saturated rings. The van der Waals surface area contributed by atoms with Crippen molar-refractivity contribution in [2.24, 2.45) is 0 Å². The third-order valence-corrected chi connectivity index (χ3v) is 3.59. The van der Waals surface area contributed by atoms with Gasteiger partial charge in [0, 0.05) is 6.20 Å². The third-order valence-electron chi connectivity index (χ3n) is 3.26. The molecule has 15 heavy (non-hydrogen) atoms. The van der Waals surface area contributed by atoms with Crippen molar-refractivity contribution in [2.75, 3.05) is 0 Å². The van der Waals surface area contributed by atoms with Crippen molar-refractivity contribution >= 4 is 18.0 Å². The summed E-state index contributed by atoms with van der Waals surface area (Å²) in [5, 5.41) is 3.49. The number of carbonyl (C=O) groups excluding carboxylic acids is 1. The van der Waals surface area contributed by atoms with Gasteiger partial charge in [0.25, 0.3) is 0 Å². The number of hydrogen-bond donors (Lipinski definition) is 1. The molecule has 1 aromatic heterocycles. The molecule has 2 rings (SSSR count). The van der Waals surface area contributed by atoms with Crippen LogP contribution in [0.5, 0.6) is 0 Å². The summed E-state index contributed by atoms with van der Waals surface area (Å²) in [6, 6.07) is 1.95. The minimum Gasteiger partial charge on any atom is -0.349 e. The van der Waals surface area contributed by atoms with Crippen LogP contribution in [0.3, 0.4) is 0 Å². The SMILES string of the molecule is CCC1(NC=O)CCc2c1ccnc2Cl. The molecule has 0 aromatic carbocycles. The fourth-order valence-corrected chi connectivity index (χ4v) is 2.61. The number of carbonyl (C=O) groups is 1. The Bertz CT molecular complexity index is 394. The zero-order valence-corrected chi connectivity index (χ0v) is 9.34. The van der Waals surface area contributed by atoms with Gasteiger partial charge in [0.15, 0.2) is 0 Å². The molecule has 0 aliphatic heterocycles. The van der Waals surface area contributed by atoms with Gasteiger partial charge in [-0.25, -0.2) is 4.98 Å². The number of aromatic nitrogens is 1. The number of hydrogen-bond acceptors (Lipinski definition) is 2. The van der Waals surface area contributed by atoms with Crippen LogP contribution in [0.4, 0.5) is 0 Å². The van der Waals surface area contributed by atoms with Crippen molar-refractivity contribution < 1.29 is 4.79 Å². The Hall–Kier alpha value is -1.09. The molecule has 0 spiro atoms. The normalized spacial score (nSPS) is 23.6. The highest BCUT2D eigenvalue weighted by atomic mass is 35.5. The molecule has 1 aliphatic rings. The van der Waals surface area contributed by atoms with Gasteiger partial charge in [-0.2, -0.15) is 0 Å². The standard InChI is InChI=1S/C11H13ClN2O/c1-2-11(14-7-15)5-3-8-9(11)4-6-13-10(8)12/h4,6-7H,2-3,5H2,1H3,(H,14,15). The molecule has 4 heteroatoms. The van der Waals surface area contributed by atoms with Gasteiger partial charge in [0.2, 0.25) is 6.41 Å². The van der Waals surface area contributed by atoms with Gasteiger partial charge < -0.3 is 5.32 Å². The average Bonchev–Trinajstić information content (AvgIpc) is 2.61. The molecule has 3 nitrogen and oxygen atoms in total. The molecular weight excluding hydrogens is 212 g/mol. The van der Waals surface area contributed by atoms with E-state index in [9.17, 15) is 4.79 Å². The Morgan fingerprint density at radius 3 is 3.20 bits per heavy atom. The molecule has 1 heterocycles. The van der Waals surface area contributed by atoms with Gasteiger partial charge in [0.1, 0.15) is 5.15 Å². The maximum Gasteiger partial charge on any atom is 0.207 e. The second-order valence-corrected chi connectivity index (χ2v) is 4.18. The second-order valence-electron chi connectivity index (χ2n) is 3.83. The highest BCUT2D eigenvalue weighted by Gasteiger charge is 2.37. The van der Waals surface area contributed by atoms with E-state index in [0.717, 1.165) is 36.8 Å². The van der Waals surface area contributed by atoms with Crippen LogP contribution < -0.4 is 5.32 Å². The molecule has 0 radical (unpaired) electrons. The van der Waals surface area contributed by atoms with E-state index in [1.165, 1.54) is 0 Å². The first-order valence-electron chi connectivity index (χ1n) is 5.08. The summed E-state index contributed by atoms with van der Waals surface area (Å²) in [5.41, 5.74) is 1.97. The maximum absolute atomic E-state index is 10.7. The zero-order valence-electron chi connectivity index (χ0n) is 8.59. The lowest BCUT2D eigenvalue weighted by atomic mass is 9.90. The number of rotatable bonds is 3. The van der Waals surface area contributed by atoms with Crippen LogP contribution in [0.2, 0.25) is 5.15 Å². The van der Waals surface area contributed by atoms with E-state index in [2.05, 4.69) is 17.2 Å². The summed E-state index contributed by atoms with van der Waals surface area (Å²) >= 11 is 6.03. The number of pyridine rings is 1. The topological polar surface area (TPSA) is 42.0 Å². The van der Waals surface area contributed by atoms with E-state index in [1.54, 1.807) is 6.20 Å². The van der Waals surface area contributed by atoms with Crippen LogP contribution in [-0.4, -0.2) is 11.4 Å². The van der Waals surface area contributed by atoms with Gasteiger partial charge in [0.05, 0.1) is 5.54 Å². The number of nitrogens with one attached hydrogen (secondary N) is 1. The molecule has 1 unspecified atom stereocenters. The highest BCUT2D eigenvalue weighted by Crippen LogP contribution is 2.40. The maximum atomic E-state index is 10.7. The van der Waals surface area contributed by atoms with Crippen molar-refractivity contribution in [3.05, 3.63) is 28.5 Å². The van der Waals surface area contributed by atoms with E-state index in [-0.39, 0.29) is 5.54 Å². The first-order valence-corrected chi connectivity index (χ1v) is 5.46. The molecule has 1 N–H and O–H groups in total. The van der Waals surface area contributed by atoms with Gasteiger partial charge in [-0.15, -0.1) is 0 Å². The van der Waals surface area contributed by atoms with Crippen LogP contribution >= 0.6 is 11.6 Å². The summed E-state index contributed by atoms with van der Waals surface area (Å²) in [5.74, 6) is 0. The van der Waals surface area contributed by atoms with Crippen LogP contribution in [-0.2, 0) is 16.8 Å². The molecule has 0 saturated carbocycles. The Labute approximate surface area is 93.8 Å². The minimum atomic E-state index is -0.232. The average molecular weight is 225 g/mol. The van der Waals surface area contributed by atoms with E-state index in [4.69, 9.17) is 11.6 Å². The molecular formula is C11H13ClN2O. The highest BCUT2D eigenvalue weighted by molar-refractivity contribution is 6.30. The lowest BCUT2D eigenvalue weighted by Crippen LogP contribution is -2.38. The van der Waals surface area contributed by atoms with E-state index < -0.39 is 0 Å². The van der Waals surface area contributed by atoms with Crippen LogP contribution in [0.1, 0.15) is 30.9 Å². The fraction of sp³-hybridized carbons (Fsp3) is 0.455. The predicted molar refractivity (Wildman–Crippen MR) is 58.7 cm³/mol. The largest absolute Gasteiger partial charge is 0.349 e. The van der Waals surface area contributed by atoms with Crippen molar-refractivity contribution in [3.8, 4) is 0 Å². The quantitative estimate of drug-likeness (QED) is 0.631. The Balaban J connectivity index is 2.50. The molecule has 1 aromatic rings. The zero-order chi connectivity index (χ0) is 10.9. The number of nitrogens with zero attached hydrogens (tertiary/aromatic N) is 1. The summed E-state index contributed by atoms with van der Waals surface area (Å²) in [4.78, 5) is 14.7. The lowest BCUT2D eigenvalue weighted by Gasteiger charge is -2.28. The first-order chi connectivity index (χ1) is 7.23. The van der Waals surface area contributed by atoms with Gasteiger partial charge >= 0.3 is 0 Å². The third kappa shape index (κ3) is 1.51. The van der Waals surface area contributed by atoms with E-state index >= 15 is 0 Å². The first kappa shape index (κ1) is 10.4. The number of amides is 1. The lowest BCUT2D eigenvalue weighted by molar-refractivity contribution is -0.111. The van der Waals surface area contributed by atoms with Crippen LogP contribution in [0.15, 0.2) is 12.3 Å². The number of halogens is 1. The van der Waals surface area contributed by atoms with Crippen LogP contribution in [0, 0.1) is 0 Å². The smallest absolute Gasteiger partial charge is 0.207 e. The van der Waals surface area contributed by atoms with Crippen LogP contribution in [0.25, 0.3) is 0 Å². The fourth-order valence-electron chi connectivity index (χ4n) is 2.36. The molecule has 1 aliphatic carbocycles. The summed E-state index contributed by atoms with van der Waals surface area (Å²) < 4.78 is 0.